The van der Waals surface area contributed by atoms with Crippen molar-refractivity contribution in [3.8, 4) is 5.75 Å². The summed E-state index contributed by atoms with van der Waals surface area (Å²) in [6, 6.07) is 10.9. The number of carbonyl (C=O) groups is 1. The van der Waals surface area contributed by atoms with Gasteiger partial charge in [0.1, 0.15) is 17.9 Å². The third-order valence-corrected chi connectivity index (χ3v) is 6.97. The van der Waals surface area contributed by atoms with Crippen molar-refractivity contribution in [3.05, 3.63) is 48.4 Å². The molecule has 2 aromatic rings. The molecule has 6 heteroatoms. The van der Waals surface area contributed by atoms with E-state index < -0.39 is 0 Å². The van der Waals surface area contributed by atoms with Crippen molar-refractivity contribution in [2.75, 3.05) is 25.1 Å². The summed E-state index contributed by atoms with van der Waals surface area (Å²) >= 11 is 0. The van der Waals surface area contributed by atoms with Crippen LogP contribution in [-0.4, -0.2) is 53.1 Å². The summed E-state index contributed by atoms with van der Waals surface area (Å²) < 4.78 is 5.43. The molecule has 3 aliphatic rings. The molecule has 0 spiro atoms. The second kappa shape index (κ2) is 7.65. The largest absolute Gasteiger partial charge is 0.497 e. The van der Waals surface area contributed by atoms with Crippen LogP contribution in [0.1, 0.15) is 31.2 Å². The van der Waals surface area contributed by atoms with Crippen molar-refractivity contribution in [1.82, 2.24) is 14.9 Å². The summed E-state index contributed by atoms with van der Waals surface area (Å²) in [5.41, 5.74) is 1.24. The van der Waals surface area contributed by atoms with Crippen LogP contribution in [0.15, 0.2) is 42.9 Å². The molecule has 0 N–H and O–H groups in total. The molecule has 6 nitrogen and oxygen atoms in total. The van der Waals surface area contributed by atoms with E-state index >= 15 is 0 Å². The Kier molecular flexibility index (Phi) is 4.86. The maximum atomic E-state index is 13.0. The number of methoxy groups -OCH3 is 1. The fourth-order valence-corrected chi connectivity index (χ4v) is 5.74. The van der Waals surface area contributed by atoms with E-state index in [0.717, 1.165) is 43.9 Å². The average Bonchev–Trinajstić information content (AvgIpc) is 2.77. The second-order valence-corrected chi connectivity index (χ2v) is 8.61. The summed E-state index contributed by atoms with van der Waals surface area (Å²) in [5.74, 6) is 3.21. The van der Waals surface area contributed by atoms with E-state index in [2.05, 4.69) is 31.9 Å². The van der Waals surface area contributed by atoms with Gasteiger partial charge in [0.05, 0.1) is 7.11 Å². The lowest BCUT2D eigenvalue weighted by atomic mass is 9.71. The van der Waals surface area contributed by atoms with Crippen LogP contribution in [-0.2, 0) is 11.2 Å². The maximum absolute atomic E-state index is 13.0. The Bertz CT molecular complexity index is 874. The number of amides is 1. The number of anilines is 1. The molecule has 152 valence electrons. The normalized spacial score (nSPS) is 28.8. The zero-order chi connectivity index (χ0) is 19.8. The lowest BCUT2D eigenvalue weighted by Crippen LogP contribution is -2.65. The minimum Gasteiger partial charge on any atom is -0.497 e. The van der Waals surface area contributed by atoms with Gasteiger partial charge in [0.25, 0.3) is 0 Å². The van der Waals surface area contributed by atoms with E-state index in [0.29, 0.717) is 30.2 Å². The SMILES string of the molecule is COc1cccc(C[C@H]2[C@H]3C[C@H](CN(c4ccncn4)C3)[C@@H]3CCCC(=O)N32)c1. The Balaban J connectivity index is 1.46. The molecule has 3 saturated heterocycles. The van der Waals surface area contributed by atoms with Crippen LogP contribution in [0.25, 0.3) is 0 Å². The standard InChI is InChI=1S/C23H28N4O2/c1-29-19-5-2-4-16(10-19)11-21-18-12-17(20-6-3-7-23(28)27(20)21)13-26(14-18)22-8-9-24-15-25-22/h2,4-5,8-10,15,17-18,20-21H,3,6-7,11-14H2,1H3/t17-,18+,20+,21+/m1/s1. The highest BCUT2D eigenvalue weighted by Crippen LogP contribution is 2.43. The number of hydrogen-bond acceptors (Lipinski definition) is 5. The first-order chi connectivity index (χ1) is 14.2. The molecule has 5 rings (SSSR count). The molecule has 0 radical (unpaired) electrons. The first kappa shape index (κ1) is 18.4. The fraction of sp³-hybridized carbons (Fsp3) is 0.522. The first-order valence-electron chi connectivity index (χ1n) is 10.7. The molecule has 4 atom stereocenters. The number of hydrogen-bond donors (Lipinski definition) is 0. The van der Waals surface area contributed by atoms with E-state index in [1.807, 2.05) is 24.4 Å². The van der Waals surface area contributed by atoms with E-state index in [-0.39, 0.29) is 6.04 Å². The monoisotopic (exact) mass is 392 g/mol. The smallest absolute Gasteiger partial charge is 0.223 e. The third kappa shape index (κ3) is 3.45. The van der Waals surface area contributed by atoms with Crippen molar-refractivity contribution >= 4 is 11.7 Å². The lowest BCUT2D eigenvalue weighted by Gasteiger charge is -2.57. The van der Waals surface area contributed by atoms with Crippen LogP contribution in [0.2, 0.25) is 0 Å². The van der Waals surface area contributed by atoms with Crippen LogP contribution < -0.4 is 9.64 Å². The van der Waals surface area contributed by atoms with Crippen LogP contribution in [0, 0.1) is 11.8 Å². The minimum absolute atomic E-state index is 0.237. The first-order valence-corrected chi connectivity index (χ1v) is 10.7. The lowest BCUT2D eigenvalue weighted by molar-refractivity contribution is -0.148. The highest BCUT2D eigenvalue weighted by Gasteiger charge is 2.49. The zero-order valence-electron chi connectivity index (χ0n) is 16.9. The summed E-state index contributed by atoms with van der Waals surface area (Å²) in [7, 11) is 1.70. The number of fused-ring (bicyclic) bond motifs is 4. The van der Waals surface area contributed by atoms with E-state index in [1.165, 1.54) is 12.0 Å². The van der Waals surface area contributed by atoms with Crippen LogP contribution in [0.4, 0.5) is 5.82 Å². The van der Waals surface area contributed by atoms with Crippen LogP contribution >= 0.6 is 0 Å². The van der Waals surface area contributed by atoms with Gasteiger partial charge in [-0.15, -0.1) is 0 Å². The van der Waals surface area contributed by atoms with Gasteiger partial charge in [0.2, 0.25) is 5.91 Å². The number of rotatable bonds is 4. The minimum atomic E-state index is 0.237. The van der Waals surface area contributed by atoms with E-state index in [9.17, 15) is 4.79 Å². The Hall–Kier alpha value is -2.63. The predicted octanol–water partition coefficient (Wildman–Crippen LogP) is 2.93. The Morgan fingerprint density at radius 2 is 2.10 bits per heavy atom. The molecule has 1 aromatic heterocycles. The molecule has 0 unspecified atom stereocenters. The van der Waals surface area contributed by atoms with E-state index in [1.54, 1.807) is 13.4 Å². The summed E-state index contributed by atoms with van der Waals surface area (Å²) in [6.07, 6.45) is 8.36. The average molecular weight is 393 g/mol. The summed E-state index contributed by atoms with van der Waals surface area (Å²) in [4.78, 5) is 26.3. The molecular weight excluding hydrogens is 364 g/mol. The van der Waals surface area contributed by atoms with Gasteiger partial charge >= 0.3 is 0 Å². The molecule has 29 heavy (non-hydrogen) atoms. The van der Waals surface area contributed by atoms with Gasteiger partial charge in [-0.25, -0.2) is 9.97 Å². The number of piperidine rings is 3. The van der Waals surface area contributed by atoms with Crippen molar-refractivity contribution in [3.63, 3.8) is 0 Å². The van der Waals surface area contributed by atoms with Gasteiger partial charge in [-0.05, 0) is 61.3 Å². The molecule has 3 aliphatic heterocycles. The molecule has 0 aliphatic carbocycles. The number of ether oxygens (including phenoxy) is 1. The second-order valence-electron chi connectivity index (χ2n) is 8.61. The Labute approximate surface area is 171 Å². The Morgan fingerprint density at radius 1 is 1.21 bits per heavy atom. The van der Waals surface area contributed by atoms with Crippen LogP contribution in [0.3, 0.4) is 0 Å². The molecule has 3 fully saturated rings. The number of nitrogens with zero attached hydrogens (tertiary/aromatic N) is 4. The highest BCUT2D eigenvalue weighted by atomic mass is 16.5. The van der Waals surface area contributed by atoms with Gasteiger partial charge in [-0.2, -0.15) is 0 Å². The van der Waals surface area contributed by atoms with Crippen molar-refractivity contribution < 1.29 is 9.53 Å². The van der Waals surface area contributed by atoms with E-state index in [4.69, 9.17) is 4.74 Å². The van der Waals surface area contributed by atoms with Crippen molar-refractivity contribution in [1.29, 1.82) is 0 Å². The summed E-state index contributed by atoms with van der Waals surface area (Å²) in [5, 5.41) is 0. The molecule has 2 bridgehead atoms. The van der Waals surface area contributed by atoms with Crippen molar-refractivity contribution in [2.24, 2.45) is 11.8 Å². The maximum Gasteiger partial charge on any atom is 0.223 e. The molecule has 1 aromatic carbocycles. The molecule has 0 saturated carbocycles. The quantitative estimate of drug-likeness (QED) is 0.801. The van der Waals surface area contributed by atoms with Gasteiger partial charge in [0.15, 0.2) is 0 Å². The molecule has 4 heterocycles. The topological polar surface area (TPSA) is 58.6 Å². The Morgan fingerprint density at radius 3 is 2.93 bits per heavy atom. The molecule has 1 amide bonds. The number of aromatic nitrogens is 2. The van der Waals surface area contributed by atoms with Crippen molar-refractivity contribution in [2.45, 2.75) is 44.2 Å². The zero-order valence-corrected chi connectivity index (χ0v) is 16.9. The van der Waals surface area contributed by atoms with Gasteiger partial charge in [-0.3, -0.25) is 4.79 Å². The predicted molar refractivity (Wildman–Crippen MR) is 111 cm³/mol. The summed E-state index contributed by atoms with van der Waals surface area (Å²) in [6.45, 7) is 1.92. The number of benzene rings is 1. The third-order valence-electron chi connectivity index (χ3n) is 6.97. The van der Waals surface area contributed by atoms with Gasteiger partial charge in [-0.1, -0.05) is 12.1 Å². The molecular formula is C23H28N4O2. The highest BCUT2D eigenvalue weighted by molar-refractivity contribution is 5.78. The fourth-order valence-electron chi connectivity index (χ4n) is 5.74. The van der Waals surface area contributed by atoms with Gasteiger partial charge in [0, 0.05) is 37.8 Å². The van der Waals surface area contributed by atoms with Gasteiger partial charge < -0.3 is 14.5 Å². The number of carbonyl (C=O) groups excluding carboxylic acids is 1. The van der Waals surface area contributed by atoms with Crippen LogP contribution in [0.5, 0.6) is 5.75 Å².